The largest absolute Gasteiger partial charge is 0.486 e. The van der Waals surface area contributed by atoms with Crippen LogP contribution in [0.2, 0.25) is 0 Å². The van der Waals surface area contributed by atoms with Gasteiger partial charge in [-0.15, -0.1) is 0 Å². The van der Waals surface area contributed by atoms with Crippen molar-refractivity contribution in [3.8, 4) is 11.5 Å². The van der Waals surface area contributed by atoms with E-state index in [0.29, 0.717) is 30.4 Å². The molecule has 29 heavy (non-hydrogen) atoms. The first-order valence-electron chi connectivity index (χ1n) is 9.71. The Hall–Kier alpha value is -3.36. The highest BCUT2D eigenvalue weighted by Crippen LogP contribution is 2.33. The van der Waals surface area contributed by atoms with Crippen molar-refractivity contribution in [1.29, 1.82) is 0 Å². The fourth-order valence-corrected chi connectivity index (χ4v) is 3.86. The standard InChI is InChI=1S/C20H21N5O4/c1-12-17-18(21-11-22-20(17)29-24-12)25-6-4-13(5-7-25)19(26)23-14-2-3-15-16(10-14)28-9-8-27-15/h2-3,10-11,13H,4-9H2,1H3,(H,23,26). The van der Waals surface area contributed by atoms with Gasteiger partial charge in [0, 0.05) is 30.8 Å². The highest BCUT2D eigenvalue weighted by Gasteiger charge is 2.28. The number of nitrogens with one attached hydrogen (secondary N) is 1. The van der Waals surface area contributed by atoms with Crippen molar-refractivity contribution >= 4 is 28.5 Å². The molecule has 0 aliphatic carbocycles. The first-order chi connectivity index (χ1) is 14.2. The van der Waals surface area contributed by atoms with E-state index in [1.54, 1.807) is 0 Å². The van der Waals surface area contributed by atoms with Crippen molar-refractivity contribution in [2.75, 3.05) is 36.5 Å². The Morgan fingerprint density at radius 3 is 2.76 bits per heavy atom. The predicted molar refractivity (Wildman–Crippen MR) is 105 cm³/mol. The van der Waals surface area contributed by atoms with Gasteiger partial charge >= 0.3 is 0 Å². The Balaban J connectivity index is 1.24. The van der Waals surface area contributed by atoms with Crippen molar-refractivity contribution in [2.24, 2.45) is 5.92 Å². The van der Waals surface area contributed by atoms with Crippen LogP contribution >= 0.6 is 0 Å². The molecular formula is C20H21N5O4. The molecule has 3 aromatic rings. The second kappa shape index (κ2) is 7.23. The molecule has 5 rings (SSSR count). The van der Waals surface area contributed by atoms with Crippen molar-refractivity contribution < 1.29 is 18.8 Å². The van der Waals surface area contributed by atoms with Gasteiger partial charge < -0.3 is 24.2 Å². The van der Waals surface area contributed by atoms with Crippen molar-refractivity contribution in [1.82, 2.24) is 15.1 Å². The summed E-state index contributed by atoms with van der Waals surface area (Å²) in [4.78, 5) is 23.5. The van der Waals surface area contributed by atoms with Crippen LogP contribution in [0.4, 0.5) is 11.5 Å². The third-order valence-corrected chi connectivity index (χ3v) is 5.40. The third kappa shape index (κ3) is 3.32. The molecule has 2 aliphatic rings. The van der Waals surface area contributed by atoms with Crippen molar-refractivity contribution in [3.05, 3.63) is 30.2 Å². The fourth-order valence-electron chi connectivity index (χ4n) is 3.86. The van der Waals surface area contributed by atoms with E-state index < -0.39 is 0 Å². The molecule has 1 N–H and O–H groups in total. The molecule has 1 saturated heterocycles. The number of ether oxygens (including phenoxy) is 2. The molecule has 9 heteroatoms. The summed E-state index contributed by atoms with van der Waals surface area (Å²) in [6.45, 7) is 4.41. The summed E-state index contributed by atoms with van der Waals surface area (Å²) in [7, 11) is 0. The van der Waals surface area contributed by atoms with Crippen molar-refractivity contribution in [3.63, 3.8) is 0 Å². The van der Waals surface area contributed by atoms with Crippen LogP contribution in [-0.4, -0.2) is 47.3 Å². The normalized spacial score (nSPS) is 16.8. The number of amides is 1. The Morgan fingerprint density at radius 1 is 1.14 bits per heavy atom. The van der Waals surface area contributed by atoms with Gasteiger partial charge in [0.15, 0.2) is 11.5 Å². The molecule has 150 valence electrons. The molecule has 2 aromatic heterocycles. The highest BCUT2D eigenvalue weighted by molar-refractivity contribution is 5.93. The topological polar surface area (TPSA) is 103 Å². The number of aryl methyl sites for hydroxylation is 1. The zero-order valence-corrected chi connectivity index (χ0v) is 16.1. The van der Waals surface area contributed by atoms with Crippen LogP contribution in [-0.2, 0) is 4.79 Å². The Morgan fingerprint density at radius 2 is 1.93 bits per heavy atom. The maximum absolute atomic E-state index is 12.8. The number of aromatic nitrogens is 3. The zero-order chi connectivity index (χ0) is 19.8. The molecule has 2 aliphatic heterocycles. The first kappa shape index (κ1) is 17.7. The van der Waals surface area contributed by atoms with E-state index in [1.165, 1.54) is 6.33 Å². The number of anilines is 2. The molecule has 0 radical (unpaired) electrons. The smallest absolute Gasteiger partial charge is 0.263 e. The molecular weight excluding hydrogens is 374 g/mol. The maximum atomic E-state index is 12.8. The quantitative estimate of drug-likeness (QED) is 0.722. The van der Waals surface area contributed by atoms with Gasteiger partial charge in [-0.25, -0.2) is 4.98 Å². The lowest BCUT2D eigenvalue weighted by molar-refractivity contribution is -0.120. The second-order valence-electron chi connectivity index (χ2n) is 7.25. The van der Waals surface area contributed by atoms with Gasteiger partial charge in [-0.2, -0.15) is 4.98 Å². The third-order valence-electron chi connectivity index (χ3n) is 5.40. The lowest BCUT2D eigenvalue weighted by Crippen LogP contribution is -2.38. The molecule has 0 spiro atoms. The average molecular weight is 395 g/mol. The summed E-state index contributed by atoms with van der Waals surface area (Å²) in [6.07, 6.45) is 2.97. The summed E-state index contributed by atoms with van der Waals surface area (Å²) < 4.78 is 16.3. The lowest BCUT2D eigenvalue weighted by atomic mass is 9.95. The fraction of sp³-hybridized carbons (Fsp3) is 0.400. The van der Waals surface area contributed by atoms with Crippen LogP contribution in [0, 0.1) is 12.8 Å². The molecule has 1 amide bonds. The maximum Gasteiger partial charge on any atom is 0.263 e. The monoisotopic (exact) mass is 395 g/mol. The number of hydrogen-bond acceptors (Lipinski definition) is 8. The van der Waals surface area contributed by atoms with E-state index in [9.17, 15) is 4.79 Å². The molecule has 0 atom stereocenters. The van der Waals surface area contributed by atoms with Gasteiger partial charge in [-0.05, 0) is 31.9 Å². The molecule has 0 unspecified atom stereocenters. The minimum Gasteiger partial charge on any atom is -0.486 e. The minimum atomic E-state index is -0.0552. The number of benzene rings is 1. The summed E-state index contributed by atoms with van der Waals surface area (Å²) in [6, 6.07) is 5.48. The number of piperidine rings is 1. The number of carbonyl (C=O) groups excluding carboxylic acids is 1. The molecule has 0 saturated carbocycles. The number of rotatable bonds is 3. The summed E-state index contributed by atoms with van der Waals surface area (Å²) in [5, 5.41) is 7.83. The van der Waals surface area contributed by atoms with E-state index in [-0.39, 0.29) is 11.8 Å². The van der Waals surface area contributed by atoms with Crippen LogP contribution in [0.25, 0.3) is 11.1 Å². The second-order valence-corrected chi connectivity index (χ2v) is 7.25. The molecule has 9 nitrogen and oxygen atoms in total. The van der Waals surface area contributed by atoms with Gasteiger partial charge in [0.1, 0.15) is 30.7 Å². The van der Waals surface area contributed by atoms with E-state index in [4.69, 9.17) is 14.0 Å². The van der Waals surface area contributed by atoms with Gasteiger partial charge in [-0.3, -0.25) is 4.79 Å². The van der Waals surface area contributed by atoms with Crippen LogP contribution in [0.5, 0.6) is 11.5 Å². The van der Waals surface area contributed by atoms with Crippen LogP contribution < -0.4 is 19.7 Å². The highest BCUT2D eigenvalue weighted by atomic mass is 16.6. The Kier molecular flexibility index (Phi) is 4.42. The Bertz CT molecular complexity index is 1060. The van der Waals surface area contributed by atoms with Gasteiger partial charge in [0.2, 0.25) is 5.91 Å². The van der Waals surface area contributed by atoms with E-state index >= 15 is 0 Å². The van der Waals surface area contributed by atoms with Gasteiger partial charge in [0.05, 0.1) is 5.69 Å². The van der Waals surface area contributed by atoms with E-state index in [0.717, 1.165) is 48.5 Å². The summed E-state index contributed by atoms with van der Waals surface area (Å²) in [5.74, 6) is 2.17. The molecule has 1 fully saturated rings. The van der Waals surface area contributed by atoms with Crippen LogP contribution in [0.15, 0.2) is 29.0 Å². The number of nitrogens with zero attached hydrogens (tertiary/aromatic N) is 4. The number of fused-ring (bicyclic) bond motifs is 2. The first-order valence-corrected chi connectivity index (χ1v) is 9.71. The average Bonchev–Trinajstić information content (AvgIpc) is 3.15. The Labute approximate surface area is 167 Å². The summed E-state index contributed by atoms with van der Waals surface area (Å²) in [5.41, 5.74) is 1.99. The van der Waals surface area contributed by atoms with Gasteiger partial charge in [-0.1, -0.05) is 5.16 Å². The van der Waals surface area contributed by atoms with Crippen LogP contribution in [0.1, 0.15) is 18.5 Å². The van der Waals surface area contributed by atoms with Crippen molar-refractivity contribution in [2.45, 2.75) is 19.8 Å². The lowest BCUT2D eigenvalue weighted by Gasteiger charge is -2.32. The number of carbonyl (C=O) groups is 1. The molecule has 1 aromatic carbocycles. The van der Waals surface area contributed by atoms with E-state index in [2.05, 4.69) is 25.3 Å². The molecule has 0 bridgehead atoms. The zero-order valence-electron chi connectivity index (χ0n) is 16.1. The SMILES string of the molecule is Cc1noc2ncnc(N3CCC(C(=O)Nc4ccc5c(c4)OCCO5)CC3)c12. The number of hydrogen-bond donors (Lipinski definition) is 1. The molecule has 4 heterocycles. The van der Waals surface area contributed by atoms with Gasteiger partial charge in [0.25, 0.3) is 5.71 Å². The van der Waals surface area contributed by atoms with E-state index in [1.807, 2.05) is 25.1 Å². The van der Waals surface area contributed by atoms with Crippen LogP contribution in [0.3, 0.4) is 0 Å². The predicted octanol–water partition coefficient (Wildman–Crippen LogP) is 2.55. The minimum absolute atomic E-state index is 0.0234. The summed E-state index contributed by atoms with van der Waals surface area (Å²) >= 11 is 0.